The van der Waals surface area contributed by atoms with Gasteiger partial charge in [-0.25, -0.2) is 10.8 Å². The van der Waals surface area contributed by atoms with Gasteiger partial charge in [0.05, 0.1) is 0 Å². The molecule has 0 spiro atoms. The van der Waals surface area contributed by atoms with Crippen molar-refractivity contribution < 1.29 is 14.2 Å². The second kappa shape index (κ2) is 5.03. The Balaban J connectivity index is 1.65. The van der Waals surface area contributed by atoms with Crippen LogP contribution < -0.4 is 25.5 Å². The lowest BCUT2D eigenvalue weighted by molar-refractivity contribution is 0.173. The zero-order chi connectivity index (χ0) is 13.1. The number of hydrogen-bond donors (Lipinski definition) is 2. The van der Waals surface area contributed by atoms with E-state index < -0.39 is 0 Å². The van der Waals surface area contributed by atoms with Crippen LogP contribution >= 0.6 is 0 Å². The Labute approximate surface area is 110 Å². The molecule has 0 atom stereocenters. The summed E-state index contributed by atoms with van der Waals surface area (Å²) in [4.78, 5) is 4.11. The Bertz CT molecular complexity index is 572. The summed E-state index contributed by atoms with van der Waals surface area (Å²) in [6.45, 7) is 0.688. The minimum Gasteiger partial charge on any atom is -0.489 e. The van der Waals surface area contributed by atoms with E-state index in [0.717, 1.165) is 17.1 Å². The van der Waals surface area contributed by atoms with E-state index in [-0.39, 0.29) is 6.79 Å². The van der Waals surface area contributed by atoms with E-state index in [1.54, 1.807) is 12.3 Å². The highest BCUT2D eigenvalue weighted by Crippen LogP contribution is 2.35. The van der Waals surface area contributed by atoms with Gasteiger partial charge in [-0.3, -0.25) is 0 Å². The maximum atomic E-state index is 5.66. The quantitative estimate of drug-likeness (QED) is 0.642. The number of pyridine rings is 1. The van der Waals surface area contributed by atoms with E-state index in [9.17, 15) is 0 Å². The molecule has 19 heavy (non-hydrogen) atoms. The van der Waals surface area contributed by atoms with Crippen LogP contribution in [0, 0.1) is 0 Å². The maximum Gasteiger partial charge on any atom is 0.231 e. The van der Waals surface area contributed by atoms with Gasteiger partial charge >= 0.3 is 0 Å². The van der Waals surface area contributed by atoms with Crippen LogP contribution in [0.4, 0.5) is 5.82 Å². The molecule has 1 aliphatic rings. The molecular weight excluding hydrogens is 246 g/mol. The number of benzene rings is 1. The Hall–Kier alpha value is -2.47. The lowest BCUT2D eigenvalue weighted by atomic mass is 10.3. The van der Waals surface area contributed by atoms with Crippen LogP contribution in [-0.2, 0) is 6.61 Å². The fourth-order valence-electron chi connectivity index (χ4n) is 1.73. The molecule has 6 nitrogen and oxygen atoms in total. The van der Waals surface area contributed by atoms with Crippen molar-refractivity contribution in [2.75, 3.05) is 12.2 Å². The number of rotatable bonds is 4. The molecule has 3 rings (SSSR count). The normalized spacial score (nSPS) is 12.3. The third-order valence-corrected chi connectivity index (χ3v) is 2.72. The molecule has 1 aromatic carbocycles. The largest absolute Gasteiger partial charge is 0.489 e. The number of nitrogens with zero attached hydrogens (tertiary/aromatic N) is 1. The molecule has 0 fully saturated rings. The number of hydrogen-bond acceptors (Lipinski definition) is 6. The van der Waals surface area contributed by atoms with Gasteiger partial charge in [-0.15, -0.1) is 0 Å². The van der Waals surface area contributed by atoms with Crippen LogP contribution in [0.15, 0.2) is 36.5 Å². The van der Waals surface area contributed by atoms with E-state index in [1.807, 2.05) is 24.3 Å². The van der Waals surface area contributed by atoms with Gasteiger partial charge in [-0.2, -0.15) is 0 Å². The second-order valence-electron chi connectivity index (χ2n) is 4.00. The summed E-state index contributed by atoms with van der Waals surface area (Å²) in [6.07, 6.45) is 1.71. The molecule has 0 aliphatic carbocycles. The van der Waals surface area contributed by atoms with E-state index >= 15 is 0 Å². The van der Waals surface area contributed by atoms with Gasteiger partial charge in [-0.1, -0.05) is 6.07 Å². The first-order valence-electron chi connectivity index (χ1n) is 5.79. The average Bonchev–Trinajstić information content (AvgIpc) is 2.93. The van der Waals surface area contributed by atoms with Crippen LogP contribution in [0.5, 0.6) is 17.2 Å². The third kappa shape index (κ3) is 2.53. The predicted molar refractivity (Wildman–Crippen MR) is 68.9 cm³/mol. The molecule has 1 aromatic heterocycles. The first-order chi connectivity index (χ1) is 9.35. The fourth-order valence-corrected chi connectivity index (χ4v) is 1.73. The van der Waals surface area contributed by atoms with Gasteiger partial charge in [0.2, 0.25) is 6.79 Å². The van der Waals surface area contributed by atoms with Gasteiger partial charge in [0.25, 0.3) is 0 Å². The van der Waals surface area contributed by atoms with Crippen LogP contribution in [0.3, 0.4) is 0 Å². The molecule has 0 saturated heterocycles. The number of anilines is 1. The van der Waals surface area contributed by atoms with Crippen molar-refractivity contribution in [3.63, 3.8) is 0 Å². The van der Waals surface area contributed by atoms with Crippen molar-refractivity contribution >= 4 is 5.82 Å². The van der Waals surface area contributed by atoms with Gasteiger partial charge in [-0.05, 0) is 18.2 Å². The highest BCUT2D eigenvalue weighted by Gasteiger charge is 2.13. The summed E-state index contributed by atoms with van der Waals surface area (Å²) in [5.74, 6) is 8.04. The number of hydrazine groups is 1. The van der Waals surface area contributed by atoms with Gasteiger partial charge in [0, 0.05) is 17.8 Å². The summed E-state index contributed by atoms with van der Waals surface area (Å²) in [7, 11) is 0. The number of fused-ring (bicyclic) bond motifs is 1. The molecule has 3 N–H and O–H groups in total. The predicted octanol–water partition coefficient (Wildman–Crippen LogP) is 1.67. The monoisotopic (exact) mass is 259 g/mol. The van der Waals surface area contributed by atoms with E-state index in [2.05, 4.69) is 10.4 Å². The standard InChI is InChI=1S/C13H13N3O3/c14-16-13-4-1-9(6-15-13)7-17-10-2-3-11-12(5-10)19-8-18-11/h1-6H,7-8,14H2,(H,15,16). The number of ether oxygens (including phenoxy) is 3. The van der Waals surface area contributed by atoms with Crippen molar-refractivity contribution in [1.82, 2.24) is 4.98 Å². The first-order valence-corrected chi connectivity index (χ1v) is 5.79. The highest BCUT2D eigenvalue weighted by atomic mass is 16.7. The number of nitrogens with one attached hydrogen (secondary N) is 1. The van der Waals surface area contributed by atoms with E-state index in [4.69, 9.17) is 20.1 Å². The summed E-state index contributed by atoms with van der Waals surface area (Å²) < 4.78 is 16.2. The molecule has 6 heteroatoms. The third-order valence-electron chi connectivity index (χ3n) is 2.72. The SMILES string of the molecule is NNc1ccc(COc2ccc3c(c2)OCO3)cn1. The Morgan fingerprint density at radius 3 is 2.89 bits per heavy atom. The van der Waals surface area contributed by atoms with Crippen LogP contribution in [0.2, 0.25) is 0 Å². The maximum absolute atomic E-state index is 5.66. The van der Waals surface area contributed by atoms with Crippen molar-refractivity contribution in [2.45, 2.75) is 6.61 Å². The Morgan fingerprint density at radius 2 is 2.11 bits per heavy atom. The molecule has 0 saturated carbocycles. The summed E-state index contributed by atoms with van der Waals surface area (Å²) in [6, 6.07) is 9.17. The zero-order valence-corrected chi connectivity index (χ0v) is 10.1. The van der Waals surface area contributed by atoms with Crippen LogP contribution in [0.25, 0.3) is 0 Å². The lowest BCUT2D eigenvalue weighted by Gasteiger charge is -2.07. The van der Waals surface area contributed by atoms with Crippen LogP contribution in [-0.4, -0.2) is 11.8 Å². The van der Waals surface area contributed by atoms with Crippen molar-refractivity contribution in [1.29, 1.82) is 0 Å². The molecule has 0 unspecified atom stereocenters. The van der Waals surface area contributed by atoms with Gasteiger partial charge < -0.3 is 19.6 Å². The molecule has 1 aliphatic heterocycles. The Kier molecular flexibility index (Phi) is 3.07. The molecule has 0 amide bonds. The minimum atomic E-state index is 0.260. The molecule has 98 valence electrons. The van der Waals surface area contributed by atoms with Crippen molar-refractivity contribution in [2.24, 2.45) is 5.84 Å². The molecule has 2 aromatic rings. The van der Waals surface area contributed by atoms with Gasteiger partial charge in [0.15, 0.2) is 11.5 Å². The van der Waals surface area contributed by atoms with Crippen molar-refractivity contribution in [3.05, 3.63) is 42.1 Å². The Morgan fingerprint density at radius 1 is 1.21 bits per heavy atom. The summed E-state index contributed by atoms with van der Waals surface area (Å²) >= 11 is 0. The highest BCUT2D eigenvalue weighted by molar-refractivity contribution is 5.46. The topological polar surface area (TPSA) is 78.6 Å². The number of aromatic nitrogens is 1. The first kappa shape index (κ1) is 11.6. The molecule has 0 radical (unpaired) electrons. The average molecular weight is 259 g/mol. The van der Waals surface area contributed by atoms with Crippen LogP contribution in [0.1, 0.15) is 5.56 Å². The molecular formula is C13H13N3O3. The number of nitrogens with two attached hydrogens (primary N) is 1. The summed E-state index contributed by atoms with van der Waals surface area (Å²) in [5, 5.41) is 0. The van der Waals surface area contributed by atoms with Crippen molar-refractivity contribution in [3.8, 4) is 17.2 Å². The smallest absolute Gasteiger partial charge is 0.231 e. The minimum absolute atomic E-state index is 0.260. The zero-order valence-electron chi connectivity index (χ0n) is 10.1. The van der Waals surface area contributed by atoms with Gasteiger partial charge in [0.1, 0.15) is 18.2 Å². The van der Waals surface area contributed by atoms with E-state index in [1.165, 1.54) is 0 Å². The summed E-state index contributed by atoms with van der Waals surface area (Å²) in [5.41, 5.74) is 3.43. The number of nitrogen functional groups attached to an aromatic ring is 1. The second-order valence-corrected chi connectivity index (χ2v) is 4.00. The van der Waals surface area contributed by atoms with E-state index in [0.29, 0.717) is 18.2 Å². The fraction of sp³-hybridized carbons (Fsp3) is 0.154. The molecule has 0 bridgehead atoms. The lowest BCUT2D eigenvalue weighted by Crippen LogP contribution is -2.08. The molecule has 2 heterocycles.